The minimum Gasteiger partial charge on any atom is -0.493 e. The summed E-state index contributed by atoms with van der Waals surface area (Å²) in [5.41, 5.74) is 6.55. The van der Waals surface area contributed by atoms with Crippen LogP contribution in [0.15, 0.2) is 18.2 Å². The van der Waals surface area contributed by atoms with Gasteiger partial charge in [-0.1, -0.05) is 13.0 Å². The summed E-state index contributed by atoms with van der Waals surface area (Å²) in [6.07, 6.45) is 1.47. The van der Waals surface area contributed by atoms with Gasteiger partial charge in [-0.2, -0.15) is 0 Å². The Morgan fingerprint density at radius 3 is 2.67 bits per heavy atom. The van der Waals surface area contributed by atoms with Gasteiger partial charge in [0.25, 0.3) is 0 Å². The third kappa shape index (κ3) is 6.49. The molecule has 0 radical (unpaired) electrons. The number of esters is 1. The van der Waals surface area contributed by atoms with E-state index in [1.165, 1.54) is 0 Å². The number of hydrogen-bond acceptors (Lipinski definition) is 5. The topological polar surface area (TPSA) is 70.8 Å². The largest absolute Gasteiger partial charge is 0.493 e. The first-order chi connectivity index (χ1) is 10.1. The van der Waals surface area contributed by atoms with E-state index in [1.807, 2.05) is 19.1 Å². The van der Waals surface area contributed by atoms with E-state index in [1.54, 1.807) is 19.9 Å². The fourth-order valence-corrected chi connectivity index (χ4v) is 1.77. The number of carbonyl (C=O) groups is 1. The highest BCUT2D eigenvalue weighted by Gasteiger charge is 2.10. The number of hydrogen-bond donors (Lipinski definition) is 1. The first-order valence-electron chi connectivity index (χ1n) is 7.34. The van der Waals surface area contributed by atoms with Crippen LogP contribution in [0, 0.1) is 0 Å². The molecule has 0 amide bonds. The van der Waals surface area contributed by atoms with E-state index < -0.39 is 0 Å². The van der Waals surface area contributed by atoms with Crippen LogP contribution in [0.25, 0.3) is 0 Å². The summed E-state index contributed by atoms with van der Waals surface area (Å²) in [5, 5.41) is 0. The molecule has 21 heavy (non-hydrogen) atoms. The minimum absolute atomic E-state index is 0.118. The Labute approximate surface area is 126 Å². The van der Waals surface area contributed by atoms with E-state index in [0.717, 1.165) is 17.7 Å². The zero-order valence-electron chi connectivity index (χ0n) is 13.1. The monoisotopic (exact) mass is 295 g/mol. The van der Waals surface area contributed by atoms with Gasteiger partial charge in [-0.15, -0.1) is 0 Å². The molecule has 0 saturated heterocycles. The normalized spacial score (nSPS) is 10.5. The Balaban J connectivity index is 2.72. The number of nitrogens with two attached hydrogens (primary N) is 1. The van der Waals surface area contributed by atoms with Crippen molar-refractivity contribution < 1.29 is 19.0 Å². The molecule has 118 valence electrons. The van der Waals surface area contributed by atoms with Crippen LogP contribution in [0.1, 0.15) is 32.8 Å². The molecular weight excluding hydrogens is 270 g/mol. The molecule has 0 aliphatic heterocycles. The van der Waals surface area contributed by atoms with E-state index in [4.69, 9.17) is 19.9 Å². The van der Waals surface area contributed by atoms with Crippen LogP contribution in [0.2, 0.25) is 0 Å². The van der Waals surface area contributed by atoms with Gasteiger partial charge in [0.15, 0.2) is 6.61 Å². The van der Waals surface area contributed by atoms with Crippen molar-refractivity contribution in [2.24, 2.45) is 5.73 Å². The lowest BCUT2D eigenvalue weighted by Gasteiger charge is -2.14. The second kappa shape index (κ2) is 9.23. The highest BCUT2D eigenvalue weighted by atomic mass is 16.6. The average Bonchev–Trinajstić information content (AvgIpc) is 2.44. The van der Waals surface area contributed by atoms with Crippen molar-refractivity contribution >= 4 is 5.97 Å². The molecular formula is C16H25NO4. The van der Waals surface area contributed by atoms with E-state index in [2.05, 4.69) is 0 Å². The lowest BCUT2D eigenvalue weighted by molar-refractivity contribution is -0.149. The van der Waals surface area contributed by atoms with Gasteiger partial charge in [-0.3, -0.25) is 0 Å². The first-order valence-corrected chi connectivity index (χ1v) is 7.34. The third-order valence-corrected chi connectivity index (χ3v) is 2.64. The molecule has 1 aromatic rings. The molecule has 0 aliphatic rings. The molecule has 0 spiro atoms. The average molecular weight is 295 g/mol. The molecule has 0 bridgehead atoms. The van der Waals surface area contributed by atoms with Crippen LogP contribution in [0.3, 0.4) is 0 Å². The fourth-order valence-electron chi connectivity index (χ4n) is 1.77. The second-order valence-corrected chi connectivity index (χ2v) is 4.98. The Kier molecular flexibility index (Phi) is 7.61. The zero-order chi connectivity index (χ0) is 15.7. The first kappa shape index (κ1) is 17.3. The molecule has 5 heteroatoms. The Hall–Kier alpha value is -1.75. The Bertz CT molecular complexity index is 446. The van der Waals surface area contributed by atoms with E-state index in [-0.39, 0.29) is 18.7 Å². The molecule has 1 aromatic carbocycles. The van der Waals surface area contributed by atoms with Crippen LogP contribution in [-0.4, -0.2) is 31.8 Å². The van der Waals surface area contributed by atoms with Gasteiger partial charge in [0.2, 0.25) is 0 Å². The molecule has 0 aliphatic carbocycles. The summed E-state index contributed by atoms with van der Waals surface area (Å²) < 4.78 is 16.2. The SMILES string of the molecule is CCCOc1ccc(CCN)c(OCC(=O)OC(C)C)c1. The molecule has 5 nitrogen and oxygen atoms in total. The highest BCUT2D eigenvalue weighted by molar-refractivity contribution is 5.71. The van der Waals surface area contributed by atoms with Crippen LogP contribution in [0.5, 0.6) is 11.5 Å². The maximum absolute atomic E-state index is 11.5. The smallest absolute Gasteiger partial charge is 0.344 e. The molecule has 0 saturated carbocycles. The van der Waals surface area contributed by atoms with E-state index >= 15 is 0 Å². The van der Waals surface area contributed by atoms with Crippen LogP contribution < -0.4 is 15.2 Å². The summed E-state index contributed by atoms with van der Waals surface area (Å²) in [4.78, 5) is 11.5. The Morgan fingerprint density at radius 1 is 1.29 bits per heavy atom. The zero-order valence-corrected chi connectivity index (χ0v) is 13.1. The summed E-state index contributed by atoms with van der Waals surface area (Å²) in [6, 6.07) is 5.60. The summed E-state index contributed by atoms with van der Waals surface area (Å²) >= 11 is 0. The van der Waals surface area contributed by atoms with Gasteiger partial charge in [-0.05, 0) is 44.9 Å². The van der Waals surface area contributed by atoms with Crippen molar-refractivity contribution in [3.8, 4) is 11.5 Å². The standard InChI is InChI=1S/C16H25NO4/c1-4-9-19-14-6-5-13(7-8-17)15(10-14)20-11-16(18)21-12(2)3/h5-6,10,12H,4,7-9,11,17H2,1-3H3. The minimum atomic E-state index is -0.386. The van der Waals surface area contributed by atoms with Crippen molar-refractivity contribution in [1.82, 2.24) is 0 Å². The van der Waals surface area contributed by atoms with Crippen molar-refractivity contribution in [2.75, 3.05) is 19.8 Å². The lowest BCUT2D eigenvalue weighted by Crippen LogP contribution is -2.19. The molecule has 0 atom stereocenters. The third-order valence-electron chi connectivity index (χ3n) is 2.64. The highest BCUT2D eigenvalue weighted by Crippen LogP contribution is 2.25. The van der Waals surface area contributed by atoms with Gasteiger partial charge in [-0.25, -0.2) is 4.79 Å². The quantitative estimate of drug-likeness (QED) is 0.708. The van der Waals surface area contributed by atoms with Crippen LogP contribution in [-0.2, 0) is 16.0 Å². The van der Waals surface area contributed by atoms with Gasteiger partial charge in [0, 0.05) is 6.07 Å². The van der Waals surface area contributed by atoms with Crippen molar-refractivity contribution in [1.29, 1.82) is 0 Å². The molecule has 0 fully saturated rings. The summed E-state index contributed by atoms with van der Waals surface area (Å²) in [7, 11) is 0. The van der Waals surface area contributed by atoms with E-state index in [0.29, 0.717) is 25.3 Å². The van der Waals surface area contributed by atoms with Crippen LogP contribution >= 0.6 is 0 Å². The predicted octanol–water partition coefficient (Wildman–Crippen LogP) is 2.31. The van der Waals surface area contributed by atoms with Gasteiger partial charge >= 0.3 is 5.97 Å². The Morgan fingerprint density at radius 2 is 2.05 bits per heavy atom. The molecule has 0 aromatic heterocycles. The predicted molar refractivity (Wildman–Crippen MR) is 81.7 cm³/mol. The lowest BCUT2D eigenvalue weighted by atomic mass is 10.1. The van der Waals surface area contributed by atoms with E-state index in [9.17, 15) is 4.79 Å². The maximum atomic E-state index is 11.5. The molecule has 0 unspecified atom stereocenters. The van der Waals surface area contributed by atoms with Gasteiger partial charge < -0.3 is 19.9 Å². The number of ether oxygens (including phenoxy) is 3. The van der Waals surface area contributed by atoms with Crippen molar-refractivity contribution in [2.45, 2.75) is 39.7 Å². The molecule has 1 rings (SSSR count). The maximum Gasteiger partial charge on any atom is 0.344 e. The second-order valence-electron chi connectivity index (χ2n) is 4.98. The molecule has 2 N–H and O–H groups in total. The number of carbonyl (C=O) groups excluding carboxylic acids is 1. The fraction of sp³-hybridized carbons (Fsp3) is 0.562. The number of benzene rings is 1. The van der Waals surface area contributed by atoms with Crippen LogP contribution in [0.4, 0.5) is 0 Å². The molecule has 0 heterocycles. The van der Waals surface area contributed by atoms with Gasteiger partial charge in [0.05, 0.1) is 12.7 Å². The summed E-state index contributed by atoms with van der Waals surface area (Å²) in [6.45, 7) is 6.69. The van der Waals surface area contributed by atoms with Gasteiger partial charge in [0.1, 0.15) is 11.5 Å². The summed E-state index contributed by atoms with van der Waals surface area (Å²) in [5.74, 6) is 0.961. The number of rotatable bonds is 9. The van der Waals surface area contributed by atoms with Crippen molar-refractivity contribution in [3.63, 3.8) is 0 Å². The van der Waals surface area contributed by atoms with Crippen molar-refractivity contribution in [3.05, 3.63) is 23.8 Å².